The zero-order valence-electron chi connectivity index (χ0n) is 16.1. The van der Waals surface area contributed by atoms with Gasteiger partial charge in [-0.2, -0.15) is 13.2 Å². The number of alkyl halides is 3. The summed E-state index contributed by atoms with van der Waals surface area (Å²) in [5.41, 5.74) is -0.229. The molecule has 3 saturated heterocycles. The van der Waals surface area contributed by atoms with Crippen molar-refractivity contribution >= 4 is 11.9 Å². The van der Waals surface area contributed by atoms with Crippen molar-refractivity contribution in [3.8, 4) is 5.88 Å². The van der Waals surface area contributed by atoms with Crippen LogP contribution < -0.4 is 4.74 Å². The van der Waals surface area contributed by atoms with Crippen LogP contribution in [0.2, 0.25) is 0 Å². The van der Waals surface area contributed by atoms with Gasteiger partial charge < -0.3 is 24.2 Å². The smallest absolute Gasteiger partial charge is 0.475 e. The van der Waals surface area contributed by atoms with Gasteiger partial charge in [0.2, 0.25) is 11.8 Å². The van der Waals surface area contributed by atoms with E-state index >= 15 is 0 Å². The summed E-state index contributed by atoms with van der Waals surface area (Å²) in [6, 6.07) is 5.67. The molecule has 1 spiro atoms. The van der Waals surface area contributed by atoms with E-state index in [1.54, 1.807) is 6.20 Å². The third-order valence-electron chi connectivity index (χ3n) is 5.16. The maximum Gasteiger partial charge on any atom is 0.490 e. The predicted molar refractivity (Wildman–Crippen MR) is 95.8 cm³/mol. The number of amides is 1. The van der Waals surface area contributed by atoms with Gasteiger partial charge in [0, 0.05) is 31.7 Å². The summed E-state index contributed by atoms with van der Waals surface area (Å²) in [7, 11) is 0. The maximum atomic E-state index is 12.4. The van der Waals surface area contributed by atoms with Gasteiger partial charge in [-0.1, -0.05) is 6.07 Å². The number of aliphatic carboxylic acids is 1. The van der Waals surface area contributed by atoms with E-state index in [4.69, 9.17) is 24.1 Å². The average molecular weight is 432 g/mol. The molecule has 4 rings (SSSR count). The van der Waals surface area contributed by atoms with E-state index < -0.39 is 12.1 Å². The minimum Gasteiger partial charge on any atom is -0.475 e. The first-order chi connectivity index (χ1) is 14.2. The molecule has 30 heavy (non-hydrogen) atoms. The second kappa shape index (κ2) is 9.17. The van der Waals surface area contributed by atoms with E-state index in [0.29, 0.717) is 38.8 Å². The van der Waals surface area contributed by atoms with E-state index in [1.165, 1.54) is 0 Å². The molecular formula is C19H23F3N2O6. The Bertz CT molecular complexity index is 734. The number of rotatable bonds is 3. The highest BCUT2D eigenvalue weighted by molar-refractivity contribution is 5.80. The van der Waals surface area contributed by atoms with Crippen molar-refractivity contribution in [1.29, 1.82) is 0 Å². The molecule has 2 unspecified atom stereocenters. The molecule has 0 aromatic carbocycles. The molecule has 4 heterocycles. The minimum atomic E-state index is -5.08. The first kappa shape index (κ1) is 22.3. The van der Waals surface area contributed by atoms with E-state index in [2.05, 4.69) is 4.98 Å². The average Bonchev–Trinajstić information content (AvgIpc) is 3.21. The Labute approximate surface area is 170 Å². The van der Waals surface area contributed by atoms with E-state index in [1.807, 2.05) is 23.1 Å². The predicted octanol–water partition coefficient (Wildman–Crippen LogP) is 1.89. The topological polar surface area (TPSA) is 98.2 Å². The van der Waals surface area contributed by atoms with Crippen LogP contribution in [0.25, 0.3) is 0 Å². The van der Waals surface area contributed by atoms with Gasteiger partial charge in [-0.05, 0) is 12.5 Å². The summed E-state index contributed by atoms with van der Waals surface area (Å²) in [6.07, 6.45) is -0.727. The van der Waals surface area contributed by atoms with Crippen molar-refractivity contribution in [2.45, 2.75) is 37.1 Å². The fourth-order valence-corrected chi connectivity index (χ4v) is 3.68. The molecule has 2 atom stereocenters. The van der Waals surface area contributed by atoms with E-state index in [9.17, 15) is 18.0 Å². The van der Waals surface area contributed by atoms with Crippen LogP contribution in [0.1, 0.15) is 19.3 Å². The number of hydrogen-bond donors (Lipinski definition) is 1. The van der Waals surface area contributed by atoms with Crippen LogP contribution in [0.5, 0.6) is 5.88 Å². The molecule has 1 aromatic rings. The highest BCUT2D eigenvalue weighted by Crippen LogP contribution is 2.36. The van der Waals surface area contributed by atoms with Crippen molar-refractivity contribution in [3.63, 3.8) is 0 Å². The van der Waals surface area contributed by atoms with Gasteiger partial charge in [0.25, 0.3) is 0 Å². The quantitative estimate of drug-likeness (QED) is 0.779. The van der Waals surface area contributed by atoms with Gasteiger partial charge in [0.1, 0.15) is 11.7 Å². The van der Waals surface area contributed by atoms with Crippen molar-refractivity contribution in [2.75, 3.05) is 32.9 Å². The van der Waals surface area contributed by atoms with Crippen LogP contribution in [0, 0.1) is 5.92 Å². The van der Waals surface area contributed by atoms with Gasteiger partial charge in [-0.3, -0.25) is 4.79 Å². The highest BCUT2D eigenvalue weighted by Gasteiger charge is 2.51. The molecule has 11 heteroatoms. The fraction of sp³-hybridized carbons (Fsp3) is 0.632. The molecular weight excluding hydrogens is 409 g/mol. The summed E-state index contributed by atoms with van der Waals surface area (Å²) in [5, 5.41) is 7.12. The second-order valence-corrected chi connectivity index (χ2v) is 7.49. The molecule has 3 aliphatic rings. The van der Waals surface area contributed by atoms with Gasteiger partial charge in [-0.15, -0.1) is 0 Å². The van der Waals surface area contributed by atoms with Crippen molar-refractivity contribution < 1.29 is 42.1 Å². The van der Waals surface area contributed by atoms with Gasteiger partial charge in [-0.25, -0.2) is 9.78 Å². The lowest BCUT2D eigenvalue weighted by Crippen LogP contribution is -2.68. The zero-order valence-corrected chi connectivity index (χ0v) is 16.1. The molecule has 1 amide bonds. The Hall–Kier alpha value is -2.40. The second-order valence-electron chi connectivity index (χ2n) is 7.49. The number of nitrogens with zero attached hydrogens (tertiary/aromatic N) is 2. The van der Waals surface area contributed by atoms with Crippen LogP contribution in [-0.4, -0.2) is 77.7 Å². The third-order valence-corrected chi connectivity index (χ3v) is 5.16. The first-order valence-electron chi connectivity index (χ1n) is 9.57. The number of ether oxygens (including phenoxy) is 3. The van der Waals surface area contributed by atoms with E-state index in [-0.39, 0.29) is 23.5 Å². The summed E-state index contributed by atoms with van der Waals surface area (Å²) in [6.45, 7) is 3.28. The largest absolute Gasteiger partial charge is 0.490 e. The Morgan fingerprint density at radius 1 is 1.23 bits per heavy atom. The zero-order chi connectivity index (χ0) is 21.8. The lowest BCUT2D eigenvalue weighted by molar-refractivity contribution is -0.195. The van der Waals surface area contributed by atoms with Crippen molar-refractivity contribution in [3.05, 3.63) is 24.4 Å². The Kier molecular flexibility index (Phi) is 6.81. The summed E-state index contributed by atoms with van der Waals surface area (Å²) >= 11 is 0. The molecule has 0 aliphatic carbocycles. The summed E-state index contributed by atoms with van der Waals surface area (Å²) in [5.74, 6) is -1.85. The number of carboxylic acids is 1. The van der Waals surface area contributed by atoms with E-state index in [0.717, 1.165) is 19.3 Å². The van der Waals surface area contributed by atoms with Crippen LogP contribution in [0.4, 0.5) is 13.2 Å². The molecule has 3 fully saturated rings. The number of pyridine rings is 1. The van der Waals surface area contributed by atoms with Crippen molar-refractivity contribution in [1.82, 2.24) is 9.88 Å². The number of halogens is 3. The fourth-order valence-electron chi connectivity index (χ4n) is 3.68. The molecule has 0 saturated carbocycles. The number of carbonyl (C=O) groups excluding carboxylic acids is 1. The summed E-state index contributed by atoms with van der Waals surface area (Å²) < 4.78 is 49.0. The lowest BCUT2D eigenvalue weighted by atomic mass is 9.84. The van der Waals surface area contributed by atoms with Crippen LogP contribution in [0.15, 0.2) is 24.4 Å². The molecule has 0 bridgehead atoms. The van der Waals surface area contributed by atoms with Gasteiger partial charge >= 0.3 is 12.1 Å². The molecule has 8 nitrogen and oxygen atoms in total. The Morgan fingerprint density at radius 3 is 2.53 bits per heavy atom. The highest BCUT2D eigenvalue weighted by atomic mass is 19.4. The minimum absolute atomic E-state index is 0.0384. The molecule has 3 aliphatic heterocycles. The van der Waals surface area contributed by atoms with Crippen LogP contribution in [0.3, 0.4) is 0 Å². The molecule has 1 aromatic heterocycles. The number of likely N-dealkylation sites (tertiary alicyclic amines) is 1. The number of hydrogen-bond acceptors (Lipinski definition) is 6. The third kappa shape index (κ3) is 5.60. The lowest BCUT2D eigenvalue weighted by Gasteiger charge is -2.53. The standard InChI is InChI=1S/C17H22N2O4.C2HF3O2/c20-16(13-4-7-21-10-13)19-11-17(12-19)9-14(5-8-22-17)23-15-3-1-2-6-18-15;3-2(4,5)1(6)7/h1-3,6,13-14H,4-5,7-12H2;(H,6,7). The summed E-state index contributed by atoms with van der Waals surface area (Å²) in [4.78, 5) is 27.4. The molecule has 1 N–H and O–H groups in total. The number of carbonyl (C=O) groups is 2. The van der Waals surface area contributed by atoms with Crippen LogP contribution >= 0.6 is 0 Å². The SMILES string of the molecule is O=C(C1CCOC1)N1CC2(CC(Oc3ccccn3)CCO2)C1.O=C(O)C(F)(F)F. The van der Waals surface area contributed by atoms with Gasteiger partial charge in [0.15, 0.2) is 0 Å². The first-order valence-corrected chi connectivity index (χ1v) is 9.57. The Balaban J connectivity index is 0.000000318. The molecule has 166 valence electrons. The molecule has 0 radical (unpaired) electrons. The number of carboxylic acid groups (broad SMARTS) is 1. The van der Waals surface area contributed by atoms with Crippen molar-refractivity contribution in [2.24, 2.45) is 5.92 Å². The normalized spacial score (nSPS) is 25.1. The van der Waals surface area contributed by atoms with Gasteiger partial charge in [0.05, 0.1) is 32.2 Å². The maximum absolute atomic E-state index is 12.4. The van der Waals surface area contributed by atoms with Crippen LogP contribution in [-0.2, 0) is 19.1 Å². The Morgan fingerprint density at radius 2 is 1.97 bits per heavy atom. The monoisotopic (exact) mass is 432 g/mol. The number of aromatic nitrogens is 1.